The van der Waals surface area contributed by atoms with E-state index in [2.05, 4.69) is 35.1 Å². The molecule has 2 heterocycles. The molecular formula is C31H48ClN5O3. The lowest BCUT2D eigenvalue weighted by molar-refractivity contribution is -0.147. The molecule has 1 saturated carbocycles. The van der Waals surface area contributed by atoms with Gasteiger partial charge in [-0.15, -0.1) is 0 Å². The number of hydrogen-bond donors (Lipinski definition) is 4. The number of likely N-dealkylation sites (tertiary alicyclic amines) is 1. The van der Waals surface area contributed by atoms with Gasteiger partial charge in [0.05, 0.1) is 11.5 Å². The minimum Gasteiger partial charge on any atom is -0.353 e. The van der Waals surface area contributed by atoms with Crippen molar-refractivity contribution in [3.05, 3.63) is 34.9 Å². The van der Waals surface area contributed by atoms with Gasteiger partial charge < -0.3 is 26.2 Å². The number of halogens is 1. The molecule has 0 spiro atoms. The Kier molecular flexibility index (Phi) is 11.3. The summed E-state index contributed by atoms with van der Waals surface area (Å²) < 4.78 is 0. The smallest absolute Gasteiger partial charge is 0.245 e. The predicted octanol–water partition coefficient (Wildman–Crippen LogP) is 3.42. The summed E-state index contributed by atoms with van der Waals surface area (Å²) in [5.74, 6) is 0.298. The van der Waals surface area contributed by atoms with Crippen molar-refractivity contribution in [3.8, 4) is 0 Å². The van der Waals surface area contributed by atoms with Crippen LogP contribution in [0.5, 0.6) is 0 Å². The van der Waals surface area contributed by atoms with Crippen molar-refractivity contribution in [1.82, 2.24) is 26.2 Å². The first-order valence-corrected chi connectivity index (χ1v) is 15.8. The van der Waals surface area contributed by atoms with Gasteiger partial charge in [0.15, 0.2) is 0 Å². The van der Waals surface area contributed by atoms with Crippen molar-refractivity contribution in [2.24, 2.45) is 11.3 Å². The van der Waals surface area contributed by atoms with Gasteiger partial charge in [-0.25, -0.2) is 0 Å². The van der Waals surface area contributed by atoms with Crippen LogP contribution in [0.3, 0.4) is 0 Å². The number of amides is 3. The van der Waals surface area contributed by atoms with E-state index in [0.29, 0.717) is 56.4 Å². The Morgan fingerprint density at radius 1 is 1.00 bits per heavy atom. The summed E-state index contributed by atoms with van der Waals surface area (Å²) in [7, 11) is 0. The highest BCUT2D eigenvalue weighted by Crippen LogP contribution is 2.46. The standard InChI is InChI=1S/C31H48ClN5O3/c1-3-25(4-2)35-30(40)31(23-8-6-5-7-9-23)14-18-37(19-15-31)29(39)26(20-22-10-12-24(32)13-11-22)36-28(38)27-21-33-16-17-34-27/h10-13,23,25-27,33-34H,3-9,14-21H2,1-2H3,(H,35,40)(H,36,38)/t26-,27+/m1/s1. The van der Waals surface area contributed by atoms with Gasteiger partial charge >= 0.3 is 0 Å². The van der Waals surface area contributed by atoms with E-state index < -0.39 is 11.5 Å². The second-order valence-electron chi connectivity index (χ2n) is 11.9. The van der Waals surface area contributed by atoms with Crippen molar-refractivity contribution < 1.29 is 14.4 Å². The highest BCUT2D eigenvalue weighted by molar-refractivity contribution is 6.30. The molecule has 3 fully saturated rings. The molecule has 0 aromatic heterocycles. The van der Waals surface area contributed by atoms with Crippen molar-refractivity contribution in [1.29, 1.82) is 0 Å². The zero-order valence-electron chi connectivity index (χ0n) is 24.3. The third-order valence-electron chi connectivity index (χ3n) is 9.45. The maximum absolute atomic E-state index is 14.0. The normalized spacial score (nSPS) is 22.5. The summed E-state index contributed by atoms with van der Waals surface area (Å²) >= 11 is 6.09. The number of carbonyl (C=O) groups excluding carboxylic acids is 3. The van der Waals surface area contributed by atoms with Gasteiger partial charge in [-0.2, -0.15) is 0 Å². The summed E-state index contributed by atoms with van der Waals surface area (Å²) in [6.07, 6.45) is 9.33. The number of hydrogen-bond acceptors (Lipinski definition) is 5. The molecule has 2 aliphatic heterocycles. The van der Waals surface area contributed by atoms with Gasteiger partial charge in [0.1, 0.15) is 6.04 Å². The number of nitrogens with zero attached hydrogens (tertiary/aromatic N) is 1. The molecule has 4 rings (SSSR count). The molecule has 9 heteroatoms. The van der Waals surface area contributed by atoms with Gasteiger partial charge in [-0.3, -0.25) is 14.4 Å². The highest BCUT2D eigenvalue weighted by atomic mass is 35.5. The molecule has 0 bridgehead atoms. The first-order valence-electron chi connectivity index (χ1n) is 15.4. The summed E-state index contributed by atoms with van der Waals surface area (Å²) in [5, 5.41) is 13.5. The molecule has 1 aromatic carbocycles. The molecule has 2 atom stereocenters. The number of benzene rings is 1. The number of piperidine rings is 1. The second-order valence-corrected chi connectivity index (χ2v) is 12.3. The largest absolute Gasteiger partial charge is 0.353 e. The van der Waals surface area contributed by atoms with Gasteiger partial charge in [0, 0.05) is 50.2 Å². The zero-order chi connectivity index (χ0) is 28.5. The lowest BCUT2D eigenvalue weighted by atomic mass is 9.63. The summed E-state index contributed by atoms with van der Waals surface area (Å²) in [6, 6.07) is 6.56. The fourth-order valence-corrected chi connectivity index (χ4v) is 6.94. The van der Waals surface area contributed by atoms with Crippen LogP contribution >= 0.6 is 11.6 Å². The first kappa shape index (κ1) is 30.8. The summed E-state index contributed by atoms with van der Waals surface area (Å²) in [5.41, 5.74) is 0.516. The highest BCUT2D eigenvalue weighted by Gasteiger charge is 2.48. The van der Waals surface area contributed by atoms with E-state index in [1.807, 2.05) is 29.2 Å². The van der Waals surface area contributed by atoms with Crippen LogP contribution in [0.2, 0.25) is 5.02 Å². The lowest BCUT2D eigenvalue weighted by Gasteiger charge is -2.47. The molecule has 2 saturated heterocycles. The Labute approximate surface area is 244 Å². The third-order valence-corrected chi connectivity index (χ3v) is 9.70. The summed E-state index contributed by atoms with van der Waals surface area (Å²) in [4.78, 5) is 42.8. The number of carbonyl (C=O) groups is 3. The van der Waals surface area contributed by atoms with E-state index in [4.69, 9.17) is 11.6 Å². The minimum absolute atomic E-state index is 0.0790. The predicted molar refractivity (Wildman–Crippen MR) is 159 cm³/mol. The van der Waals surface area contributed by atoms with Crippen molar-refractivity contribution in [3.63, 3.8) is 0 Å². The molecule has 1 aromatic rings. The summed E-state index contributed by atoms with van der Waals surface area (Å²) in [6.45, 7) is 7.37. The zero-order valence-corrected chi connectivity index (χ0v) is 25.0. The van der Waals surface area contributed by atoms with E-state index in [-0.39, 0.29) is 29.8 Å². The molecular weight excluding hydrogens is 526 g/mol. The van der Waals surface area contributed by atoms with Gasteiger partial charge in [0.2, 0.25) is 17.7 Å². The van der Waals surface area contributed by atoms with Crippen molar-refractivity contribution in [2.75, 3.05) is 32.7 Å². The van der Waals surface area contributed by atoms with Gasteiger partial charge in [0.25, 0.3) is 0 Å². The molecule has 3 aliphatic rings. The molecule has 222 valence electrons. The van der Waals surface area contributed by atoms with Crippen LogP contribution in [0.15, 0.2) is 24.3 Å². The number of nitrogens with one attached hydrogen (secondary N) is 4. The Hall–Kier alpha value is -2.16. The Morgan fingerprint density at radius 3 is 2.27 bits per heavy atom. The van der Waals surface area contributed by atoms with Crippen LogP contribution in [0, 0.1) is 11.3 Å². The molecule has 1 aliphatic carbocycles. The maximum atomic E-state index is 14.0. The SMILES string of the molecule is CCC(CC)NC(=O)C1(C2CCCCC2)CCN(C(=O)[C@@H](Cc2ccc(Cl)cc2)NC(=O)[C@@H]2CNCCN2)CC1. The molecule has 40 heavy (non-hydrogen) atoms. The second kappa shape index (κ2) is 14.6. The lowest BCUT2D eigenvalue weighted by Crippen LogP contribution is -2.61. The van der Waals surface area contributed by atoms with E-state index in [0.717, 1.165) is 37.8 Å². The van der Waals surface area contributed by atoms with Crippen LogP contribution in [-0.2, 0) is 20.8 Å². The topological polar surface area (TPSA) is 103 Å². The van der Waals surface area contributed by atoms with E-state index in [9.17, 15) is 14.4 Å². The van der Waals surface area contributed by atoms with Crippen LogP contribution in [0.1, 0.15) is 77.2 Å². The fraction of sp³-hybridized carbons (Fsp3) is 0.710. The van der Waals surface area contributed by atoms with Gasteiger partial charge in [-0.1, -0.05) is 56.8 Å². The van der Waals surface area contributed by atoms with E-state index >= 15 is 0 Å². The quantitative estimate of drug-likeness (QED) is 0.343. The third kappa shape index (κ3) is 7.56. The Morgan fingerprint density at radius 2 is 1.68 bits per heavy atom. The molecule has 0 radical (unpaired) electrons. The van der Waals surface area contributed by atoms with Crippen LogP contribution in [0.25, 0.3) is 0 Å². The van der Waals surface area contributed by atoms with E-state index in [1.54, 1.807) is 0 Å². The number of piperazine rings is 1. The molecule has 4 N–H and O–H groups in total. The molecule has 3 amide bonds. The average molecular weight is 574 g/mol. The monoisotopic (exact) mass is 573 g/mol. The molecule has 8 nitrogen and oxygen atoms in total. The van der Waals surface area contributed by atoms with Crippen LogP contribution in [-0.4, -0.2) is 73.5 Å². The van der Waals surface area contributed by atoms with E-state index in [1.165, 1.54) is 19.3 Å². The van der Waals surface area contributed by atoms with Crippen LogP contribution in [0.4, 0.5) is 0 Å². The fourth-order valence-electron chi connectivity index (χ4n) is 6.81. The first-order chi connectivity index (χ1) is 19.4. The molecule has 0 unspecified atom stereocenters. The van der Waals surface area contributed by atoms with Gasteiger partial charge in [-0.05, 0) is 62.1 Å². The van der Waals surface area contributed by atoms with Crippen LogP contribution < -0.4 is 21.3 Å². The maximum Gasteiger partial charge on any atom is 0.245 e. The van der Waals surface area contributed by atoms with Crippen molar-refractivity contribution in [2.45, 2.75) is 96.2 Å². The average Bonchev–Trinajstić information content (AvgIpc) is 3.01. The Bertz CT molecular complexity index is 979. The van der Waals surface area contributed by atoms with Crippen molar-refractivity contribution >= 4 is 29.3 Å². The number of rotatable bonds is 10. The minimum atomic E-state index is -0.682. The Balaban J connectivity index is 1.49.